The van der Waals surface area contributed by atoms with Crippen LogP contribution >= 0.6 is 0 Å². The van der Waals surface area contributed by atoms with Gasteiger partial charge in [-0.15, -0.1) is 0 Å². The first kappa shape index (κ1) is 19.2. The lowest BCUT2D eigenvalue weighted by Gasteiger charge is -2.09. The van der Waals surface area contributed by atoms with Crippen LogP contribution in [0.4, 0.5) is 11.4 Å². The molecule has 0 aliphatic rings. The topological polar surface area (TPSA) is 89.3 Å². The average Bonchev–Trinajstić information content (AvgIpc) is 2.68. The van der Waals surface area contributed by atoms with Crippen LogP contribution < -0.4 is 11.1 Å². The molecule has 0 aliphatic carbocycles. The van der Waals surface area contributed by atoms with Crippen molar-refractivity contribution < 1.29 is 13.2 Å². The van der Waals surface area contributed by atoms with E-state index >= 15 is 0 Å². The van der Waals surface area contributed by atoms with E-state index in [1.807, 2.05) is 6.07 Å². The molecule has 3 aromatic carbocycles. The number of nitrogens with one attached hydrogen (secondary N) is 1. The van der Waals surface area contributed by atoms with Gasteiger partial charge in [-0.05, 0) is 36.4 Å². The van der Waals surface area contributed by atoms with E-state index in [9.17, 15) is 13.2 Å². The number of nitrogen functional groups attached to an aromatic ring is 1. The Kier molecular flexibility index (Phi) is 5.48. The molecule has 0 atom stereocenters. The zero-order valence-electron chi connectivity index (χ0n) is 15.1. The second-order valence-corrected chi connectivity index (χ2v) is 8.09. The van der Waals surface area contributed by atoms with Gasteiger partial charge in [0.15, 0.2) is 9.84 Å². The third kappa shape index (κ3) is 4.40. The molecular formula is C22H18N2O3S. The number of sulfone groups is 1. The van der Waals surface area contributed by atoms with Crippen LogP contribution in [0.15, 0.2) is 77.7 Å². The van der Waals surface area contributed by atoms with E-state index in [0.717, 1.165) is 6.26 Å². The van der Waals surface area contributed by atoms with Crippen LogP contribution in [-0.4, -0.2) is 20.6 Å². The summed E-state index contributed by atoms with van der Waals surface area (Å²) in [6.07, 6.45) is 1.13. The maximum Gasteiger partial charge on any atom is 0.255 e. The van der Waals surface area contributed by atoms with Crippen molar-refractivity contribution in [1.82, 2.24) is 0 Å². The van der Waals surface area contributed by atoms with Crippen molar-refractivity contribution in [2.75, 3.05) is 17.3 Å². The van der Waals surface area contributed by atoms with Crippen LogP contribution in [0.3, 0.4) is 0 Å². The molecule has 0 aliphatic heterocycles. The SMILES string of the molecule is CS(=O)(=O)c1ccccc1C#Cc1c(N)cccc1NC(=O)c1ccccc1. The molecule has 0 saturated carbocycles. The zero-order valence-corrected chi connectivity index (χ0v) is 16.0. The van der Waals surface area contributed by atoms with Crippen LogP contribution in [0.2, 0.25) is 0 Å². The number of carbonyl (C=O) groups is 1. The highest BCUT2D eigenvalue weighted by atomic mass is 32.2. The van der Waals surface area contributed by atoms with E-state index in [-0.39, 0.29) is 10.8 Å². The normalized spacial score (nSPS) is 10.6. The first-order valence-corrected chi connectivity index (χ1v) is 10.3. The summed E-state index contributed by atoms with van der Waals surface area (Å²) in [5, 5.41) is 2.81. The third-order valence-electron chi connectivity index (χ3n) is 3.99. The first-order chi connectivity index (χ1) is 13.4. The fourth-order valence-corrected chi connectivity index (χ4v) is 3.47. The molecule has 3 aromatic rings. The van der Waals surface area contributed by atoms with Crippen molar-refractivity contribution in [3.05, 3.63) is 89.5 Å². The number of hydrogen-bond donors (Lipinski definition) is 2. The van der Waals surface area contributed by atoms with Gasteiger partial charge in [-0.1, -0.05) is 48.2 Å². The fraction of sp³-hybridized carbons (Fsp3) is 0.0455. The Morgan fingerprint density at radius 3 is 2.29 bits per heavy atom. The van der Waals surface area contributed by atoms with Gasteiger partial charge in [0.05, 0.1) is 16.1 Å². The predicted molar refractivity (Wildman–Crippen MR) is 111 cm³/mol. The summed E-state index contributed by atoms with van der Waals surface area (Å²) in [4.78, 5) is 12.6. The smallest absolute Gasteiger partial charge is 0.255 e. The Balaban J connectivity index is 2.00. The predicted octanol–water partition coefficient (Wildman–Crippen LogP) is 3.32. The molecule has 0 saturated heterocycles. The molecule has 6 heteroatoms. The number of rotatable bonds is 3. The van der Waals surface area contributed by atoms with Gasteiger partial charge in [0, 0.05) is 23.1 Å². The number of hydrogen-bond acceptors (Lipinski definition) is 4. The molecule has 3 N–H and O–H groups in total. The van der Waals surface area contributed by atoms with Crippen molar-refractivity contribution in [3.8, 4) is 11.8 Å². The average molecular weight is 390 g/mol. The van der Waals surface area contributed by atoms with E-state index in [1.54, 1.807) is 60.7 Å². The monoisotopic (exact) mass is 390 g/mol. The molecule has 0 unspecified atom stereocenters. The van der Waals surface area contributed by atoms with Gasteiger partial charge in [-0.25, -0.2) is 8.42 Å². The zero-order chi connectivity index (χ0) is 20.1. The minimum absolute atomic E-state index is 0.145. The largest absolute Gasteiger partial charge is 0.398 e. The number of anilines is 2. The molecule has 0 heterocycles. The summed E-state index contributed by atoms with van der Waals surface area (Å²) in [6, 6.07) is 20.4. The molecule has 0 fully saturated rings. The quantitative estimate of drug-likeness (QED) is 0.530. The number of carbonyl (C=O) groups excluding carboxylic acids is 1. The Hall–Kier alpha value is -3.56. The molecule has 0 radical (unpaired) electrons. The standard InChI is InChI=1S/C22H18N2O3S/c1-28(26,27)21-13-6-5-8-16(21)14-15-18-19(23)11-7-12-20(18)24-22(25)17-9-3-2-4-10-17/h2-13H,23H2,1H3,(H,24,25). The van der Waals surface area contributed by atoms with Crippen molar-refractivity contribution in [1.29, 1.82) is 0 Å². The van der Waals surface area contributed by atoms with E-state index in [0.29, 0.717) is 28.1 Å². The Morgan fingerprint density at radius 1 is 0.893 bits per heavy atom. The van der Waals surface area contributed by atoms with Crippen LogP contribution in [0.5, 0.6) is 0 Å². The Labute approximate surface area is 164 Å². The Morgan fingerprint density at radius 2 is 1.57 bits per heavy atom. The van der Waals surface area contributed by atoms with Crippen LogP contribution in [0.25, 0.3) is 0 Å². The molecule has 5 nitrogen and oxygen atoms in total. The van der Waals surface area contributed by atoms with Gasteiger partial charge in [0.25, 0.3) is 5.91 Å². The molecule has 0 bridgehead atoms. The summed E-state index contributed by atoms with van der Waals surface area (Å²) >= 11 is 0. The number of nitrogens with two attached hydrogens (primary N) is 1. The highest BCUT2D eigenvalue weighted by Gasteiger charge is 2.12. The lowest BCUT2D eigenvalue weighted by Crippen LogP contribution is -2.13. The minimum Gasteiger partial charge on any atom is -0.398 e. The van der Waals surface area contributed by atoms with Crippen molar-refractivity contribution in [3.63, 3.8) is 0 Å². The summed E-state index contributed by atoms with van der Waals surface area (Å²) < 4.78 is 23.9. The maximum atomic E-state index is 12.5. The second kappa shape index (κ2) is 7.99. The van der Waals surface area contributed by atoms with Crippen LogP contribution in [0.1, 0.15) is 21.5 Å². The van der Waals surface area contributed by atoms with E-state index < -0.39 is 9.84 Å². The van der Waals surface area contributed by atoms with E-state index in [4.69, 9.17) is 5.73 Å². The lowest BCUT2D eigenvalue weighted by atomic mass is 10.1. The van der Waals surface area contributed by atoms with Crippen LogP contribution in [0, 0.1) is 11.8 Å². The maximum absolute atomic E-state index is 12.5. The first-order valence-electron chi connectivity index (χ1n) is 8.42. The second-order valence-electron chi connectivity index (χ2n) is 6.11. The summed E-state index contributed by atoms with van der Waals surface area (Å²) in [5.41, 5.74) is 8.19. The van der Waals surface area contributed by atoms with Gasteiger partial charge in [-0.2, -0.15) is 0 Å². The van der Waals surface area contributed by atoms with Gasteiger partial charge >= 0.3 is 0 Å². The lowest BCUT2D eigenvalue weighted by molar-refractivity contribution is 0.102. The van der Waals surface area contributed by atoms with Gasteiger partial charge < -0.3 is 11.1 Å². The van der Waals surface area contributed by atoms with Gasteiger partial charge in [0.1, 0.15) is 0 Å². The molecule has 1 amide bonds. The molecule has 140 valence electrons. The number of amides is 1. The highest BCUT2D eigenvalue weighted by molar-refractivity contribution is 7.90. The summed E-state index contributed by atoms with van der Waals surface area (Å²) in [5.74, 6) is 5.50. The minimum atomic E-state index is -3.42. The Bertz CT molecular complexity index is 1190. The number of benzene rings is 3. The third-order valence-corrected chi connectivity index (χ3v) is 5.14. The molecule has 0 aromatic heterocycles. The van der Waals surface area contributed by atoms with Gasteiger partial charge in [0.2, 0.25) is 0 Å². The van der Waals surface area contributed by atoms with Crippen molar-refractivity contribution >= 4 is 27.1 Å². The van der Waals surface area contributed by atoms with Crippen LogP contribution in [-0.2, 0) is 9.84 Å². The molecule has 3 rings (SSSR count). The summed E-state index contributed by atoms with van der Waals surface area (Å²) in [7, 11) is -3.42. The molecular weight excluding hydrogens is 372 g/mol. The molecule has 28 heavy (non-hydrogen) atoms. The van der Waals surface area contributed by atoms with Gasteiger partial charge in [-0.3, -0.25) is 4.79 Å². The molecule has 0 spiro atoms. The van der Waals surface area contributed by atoms with E-state index in [2.05, 4.69) is 17.2 Å². The fourth-order valence-electron chi connectivity index (χ4n) is 2.62. The van der Waals surface area contributed by atoms with Crippen molar-refractivity contribution in [2.24, 2.45) is 0 Å². The van der Waals surface area contributed by atoms with E-state index in [1.165, 1.54) is 6.07 Å². The summed E-state index contributed by atoms with van der Waals surface area (Å²) in [6.45, 7) is 0. The van der Waals surface area contributed by atoms with Crippen molar-refractivity contribution in [2.45, 2.75) is 4.90 Å². The highest BCUT2D eigenvalue weighted by Crippen LogP contribution is 2.22.